The van der Waals surface area contributed by atoms with Gasteiger partial charge in [-0.2, -0.15) is 5.10 Å². The zero-order valence-corrected chi connectivity index (χ0v) is 13.6. The second kappa shape index (κ2) is 5.93. The van der Waals surface area contributed by atoms with Crippen LogP contribution in [0.3, 0.4) is 0 Å². The van der Waals surface area contributed by atoms with Gasteiger partial charge in [-0.15, -0.1) is 11.3 Å². The summed E-state index contributed by atoms with van der Waals surface area (Å²) in [6, 6.07) is 12.9. The van der Waals surface area contributed by atoms with Gasteiger partial charge in [0.2, 0.25) is 6.79 Å². The van der Waals surface area contributed by atoms with E-state index in [-0.39, 0.29) is 12.7 Å². The van der Waals surface area contributed by atoms with Crippen LogP contribution in [0.4, 0.5) is 0 Å². The molecule has 3 aromatic rings. The summed E-state index contributed by atoms with van der Waals surface area (Å²) in [5.41, 5.74) is 4.59. The lowest BCUT2D eigenvalue weighted by molar-refractivity contribution is 0.0954. The number of thiazole rings is 1. The van der Waals surface area contributed by atoms with E-state index in [2.05, 4.69) is 15.5 Å². The molecule has 0 spiro atoms. The number of amides is 1. The molecule has 0 atom stereocenters. The molecule has 120 valence electrons. The SMILES string of the molecule is C/C(=N/NC(=O)c1ccc2c(c1)OCO2)c1nc2ccccc2s1. The first-order valence-electron chi connectivity index (χ1n) is 7.31. The zero-order valence-electron chi connectivity index (χ0n) is 12.8. The van der Waals surface area contributed by atoms with Crippen LogP contribution in [0, 0.1) is 0 Å². The van der Waals surface area contributed by atoms with Crippen LogP contribution in [-0.4, -0.2) is 23.4 Å². The van der Waals surface area contributed by atoms with Gasteiger partial charge in [-0.25, -0.2) is 10.4 Å². The summed E-state index contributed by atoms with van der Waals surface area (Å²) in [6.45, 7) is 1.99. The third-order valence-corrected chi connectivity index (χ3v) is 4.71. The van der Waals surface area contributed by atoms with Gasteiger partial charge in [0.1, 0.15) is 5.01 Å². The molecule has 1 aromatic heterocycles. The number of fused-ring (bicyclic) bond motifs is 2. The number of rotatable bonds is 3. The number of para-hydroxylation sites is 1. The lowest BCUT2D eigenvalue weighted by Crippen LogP contribution is -2.19. The Hall–Kier alpha value is -2.93. The normalized spacial score (nSPS) is 13.3. The van der Waals surface area contributed by atoms with Crippen LogP contribution in [0.15, 0.2) is 47.6 Å². The van der Waals surface area contributed by atoms with Crippen LogP contribution >= 0.6 is 11.3 Å². The van der Waals surface area contributed by atoms with E-state index < -0.39 is 0 Å². The summed E-state index contributed by atoms with van der Waals surface area (Å²) in [4.78, 5) is 16.7. The first-order valence-corrected chi connectivity index (χ1v) is 8.12. The van der Waals surface area contributed by atoms with Gasteiger partial charge in [-0.3, -0.25) is 4.79 Å². The predicted octanol–water partition coefficient (Wildman–Crippen LogP) is 3.18. The second-order valence-corrected chi connectivity index (χ2v) is 6.22. The largest absolute Gasteiger partial charge is 0.454 e. The Balaban J connectivity index is 1.52. The summed E-state index contributed by atoms with van der Waals surface area (Å²) in [5, 5.41) is 4.93. The standard InChI is InChI=1S/C17H13N3O3S/c1-10(17-18-12-4-2-3-5-15(12)24-17)19-20-16(21)11-6-7-13-14(8-11)23-9-22-13/h2-8H,9H2,1H3,(H,20,21)/b19-10-. The number of aromatic nitrogens is 1. The molecule has 1 aliphatic rings. The number of nitrogens with one attached hydrogen (secondary N) is 1. The highest BCUT2D eigenvalue weighted by Crippen LogP contribution is 2.32. The quantitative estimate of drug-likeness (QED) is 0.587. The topological polar surface area (TPSA) is 72.8 Å². The van der Waals surface area contributed by atoms with Crippen molar-refractivity contribution in [1.29, 1.82) is 0 Å². The van der Waals surface area contributed by atoms with E-state index in [4.69, 9.17) is 9.47 Å². The van der Waals surface area contributed by atoms with Crippen LogP contribution in [0.5, 0.6) is 11.5 Å². The van der Waals surface area contributed by atoms with Gasteiger partial charge in [0.15, 0.2) is 11.5 Å². The second-order valence-electron chi connectivity index (χ2n) is 5.19. The number of benzene rings is 2. The van der Waals surface area contributed by atoms with Crippen molar-refractivity contribution < 1.29 is 14.3 Å². The lowest BCUT2D eigenvalue weighted by atomic mass is 10.2. The average molecular weight is 339 g/mol. The van der Waals surface area contributed by atoms with E-state index in [0.29, 0.717) is 22.8 Å². The zero-order chi connectivity index (χ0) is 16.5. The van der Waals surface area contributed by atoms with Crippen LogP contribution < -0.4 is 14.9 Å². The van der Waals surface area contributed by atoms with Crippen LogP contribution in [-0.2, 0) is 0 Å². The molecule has 1 N–H and O–H groups in total. The van der Waals surface area contributed by atoms with Gasteiger partial charge in [0.25, 0.3) is 5.91 Å². The van der Waals surface area contributed by atoms with Crippen molar-refractivity contribution in [2.24, 2.45) is 5.10 Å². The average Bonchev–Trinajstić information content (AvgIpc) is 3.24. The maximum Gasteiger partial charge on any atom is 0.271 e. The van der Waals surface area contributed by atoms with Crippen LogP contribution in [0.1, 0.15) is 22.3 Å². The predicted molar refractivity (Wildman–Crippen MR) is 91.9 cm³/mol. The number of hydrogen-bond acceptors (Lipinski definition) is 6. The molecule has 0 saturated carbocycles. The molecule has 0 fully saturated rings. The molecule has 0 bridgehead atoms. The Labute approximate surface area is 141 Å². The molecule has 2 aromatic carbocycles. The molecule has 4 rings (SSSR count). The Kier molecular flexibility index (Phi) is 3.62. The Morgan fingerprint density at radius 3 is 2.92 bits per heavy atom. The number of hydrogen-bond donors (Lipinski definition) is 1. The fraction of sp³-hybridized carbons (Fsp3) is 0.118. The van der Waals surface area contributed by atoms with E-state index in [0.717, 1.165) is 15.2 Å². The van der Waals surface area contributed by atoms with Crippen molar-refractivity contribution >= 4 is 33.2 Å². The van der Waals surface area contributed by atoms with E-state index in [9.17, 15) is 4.79 Å². The monoisotopic (exact) mass is 339 g/mol. The van der Waals surface area contributed by atoms with E-state index >= 15 is 0 Å². The molecular weight excluding hydrogens is 326 g/mol. The molecule has 7 heteroatoms. The summed E-state index contributed by atoms with van der Waals surface area (Å²) in [7, 11) is 0. The molecular formula is C17H13N3O3S. The van der Waals surface area contributed by atoms with Gasteiger partial charge < -0.3 is 9.47 Å². The number of hydrazone groups is 1. The summed E-state index contributed by atoms with van der Waals surface area (Å²) >= 11 is 1.54. The maximum atomic E-state index is 12.2. The molecule has 0 saturated heterocycles. The van der Waals surface area contributed by atoms with Crippen molar-refractivity contribution in [2.45, 2.75) is 6.92 Å². The fourth-order valence-corrected chi connectivity index (χ4v) is 3.22. The van der Waals surface area contributed by atoms with Gasteiger partial charge >= 0.3 is 0 Å². The van der Waals surface area contributed by atoms with Gasteiger partial charge in [0, 0.05) is 5.56 Å². The van der Waals surface area contributed by atoms with Gasteiger partial charge in [-0.05, 0) is 37.3 Å². The van der Waals surface area contributed by atoms with Gasteiger partial charge in [0.05, 0.1) is 15.9 Å². The molecule has 2 heterocycles. The minimum Gasteiger partial charge on any atom is -0.454 e. The highest BCUT2D eigenvalue weighted by Gasteiger charge is 2.16. The first kappa shape index (κ1) is 14.6. The Morgan fingerprint density at radius 1 is 1.21 bits per heavy atom. The van der Waals surface area contributed by atoms with Crippen molar-refractivity contribution in [3.05, 3.63) is 53.0 Å². The summed E-state index contributed by atoms with van der Waals surface area (Å²) in [5.74, 6) is 0.893. The smallest absolute Gasteiger partial charge is 0.271 e. The van der Waals surface area contributed by atoms with Crippen LogP contribution in [0.25, 0.3) is 10.2 Å². The molecule has 1 amide bonds. The molecule has 0 unspecified atom stereocenters. The molecule has 0 radical (unpaired) electrons. The van der Waals surface area contributed by atoms with Crippen molar-refractivity contribution in [3.63, 3.8) is 0 Å². The van der Waals surface area contributed by atoms with Crippen LogP contribution in [0.2, 0.25) is 0 Å². The summed E-state index contributed by atoms with van der Waals surface area (Å²) < 4.78 is 11.6. The maximum absolute atomic E-state index is 12.2. The van der Waals surface area contributed by atoms with Gasteiger partial charge in [-0.1, -0.05) is 12.1 Å². The Bertz CT molecular complexity index is 932. The lowest BCUT2D eigenvalue weighted by Gasteiger charge is -2.02. The number of nitrogens with zero attached hydrogens (tertiary/aromatic N) is 2. The highest BCUT2D eigenvalue weighted by atomic mass is 32.1. The van der Waals surface area contributed by atoms with E-state index in [1.54, 1.807) is 18.2 Å². The number of ether oxygens (including phenoxy) is 2. The molecule has 24 heavy (non-hydrogen) atoms. The summed E-state index contributed by atoms with van der Waals surface area (Å²) in [6.07, 6.45) is 0. The van der Waals surface area contributed by atoms with Crippen molar-refractivity contribution in [3.8, 4) is 11.5 Å². The minimum absolute atomic E-state index is 0.176. The fourth-order valence-electron chi connectivity index (χ4n) is 2.31. The molecule has 0 aliphatic carbocycles. The third kappa shape index (κ3) is 2.69. The molecule has 1 aliphatic heterocycles. The van der Waals surface area contributed by atoms with Crippen molar-refractivity contribution in [2.75, 3.05) is 6.79 Å². The minimum atomic E-state index is -0.311. The van der Waals surface area contributed by atoms with E-state index in [1.807, 2.05) is 31.2 Å². The number of carbonyl (C=O) groups is 1. The Morgan fingerprint density at radius 2 is 2.04 bits per heavy atom. The van der Waals surface area contributed by atoms with E-state index in [1.165, 1.54) is 11.3 Å². The third-order valence-electron chi connectivity index (χ3n) is 3.56. The first-order chi connectivity index (χ1) is 11.7. The van der Waals surface area contributed by atoms with Crippen molar-refractivity contribution in [1.82, 2.24) is 10.4 Å². The molecule has 6 nitrogen and oxygen atoms in total. The number of carbonyl (C=O) groups excluding carboxylic acids is 1. The highest BCUT2D eigenvalue weighted by molar-refractivity contribution is 7.20.